The molecule has 0 aliphatic carbocycles. The van der Waals surface area contributed by atoms with Crippen LogP contribution in [0.25, 0.3) is 22.8 Å². The van der Waals surface area contributed by atoms with Crippen molar-refractivity contribution in [1.82, 2.24) is 20.4 Å². The van der Waals surface area contributed by atoms with Crippen molar-refractivity contribution < 1.29 is 46.3 Å². The highest BCUT2D eigenvalue weighted by Crippen LogP contribution is 2.32. The Hall–Kier alpha value is -5.67. The third-order valence-corrected chi connectivity index (χ3v) is 7.62. The van der Waals surface area contributed by atoms with E-state index in [1.165, 1.54) is 23.1 Å². The maximum Gasteiger partial charge on any atom is 0.416 e. The summed E-state index contributed by atoms with van der Waals surface area (Å²) < 4.78 is 65.1. The second kappa shape index (κ2) is 14.4. The number of ether oxygens (including phenoxy) is 1. The van der Waals surface area contributed by atoms with Crippen molar-refractivity contribution in [3.63, 3.8) is 0 Å². The molecule has 1 fully saturated rings. The van der Waals surface area contributed by atoms with E-state index in [0.29, 0.717) is 16.9 Å². The molecule has 0 bridgehead atoms. The van der Waals surface area contributed by atoms with E-state index in [9.17, 15) is 32.7 Å². The summed E-state index contributed by atoms with van der Waals surface area (Å²) in [6.45, 7) is 6.03. The van der Waals surface area contributed by atoms with Gasteiger partial charge in [0.15, 0.2) is 0 Å². The monoisotopic (exact) mass is 698 g/mol. The van der Waals surface area contributed by atoms with Crippen LogP contribution in [0.1, 0.15) is 31.9 Å². The van der Waals surface area contributed by atoms with E-state index in [1.54, 1.807) is 56.0 Å². The predicted molar refractivity (Wildman–Crippen MR) is 174 cm³/mol. The van der Waals surface area contributed by atoms with Gasteiger partial charge in [0.25, 0.3) is 5.89 Å². The Morgan fingerprint density at radius 1 is 0.980 bits per heavy atom. The molecule has 2 heterocycles. The van der Waals surface area contributed by atoms with Crippen LogP contribution in [0.4, 0.5) is 38.5 Å². The number of piperazine rings is 1. The van der Waals surface area contributed by atoms with Gasteiger partial charge in [-0.05, 0) is 80.9 Å². The van der Waals surface area contributed by atoms with Gasteiger partial charge in [0.1, 0.15) is 17.5 Å². The van der Waals surface area contributed by atoms with Crippen LogP contribution in [0.5, 0.6) is 0 Å². The van der Waals surface area contributed by atoms with E-state index >= 15 is 4.39 Å². The number of aliphatic carboxylic acids is 1. The molecule has 0 spiro atoms. The highest BCUT2D eigenvalue weighted by atomic mass is 19.4. The maximum absolute atomic E-state index is 15.2. The fourth-order valence-electron chi connectivity index (χ4n) is 5.16. The first-order valence-corrected chi connectivity index (χ1v) is 15.5. The van der Waals surface area contributed by atoms with E-state index in [-0.39, 0.29) is 55.4 Å². The number of alkyl halides is 3. The summed E-state index contributed by atoms with van der Waals surface area (Å²) in [7, 11) is 0. The second-order valence-corrected chi connectivity index (χ2v) is 12.5. The Labute approximate surface area is 284 Å². The van der Waals surface area contributed by atoms with Crippen molar-refractivity contribution in [3.8, 4) is 22.8 Å². The van der Waals surface area contributed by atoms with Gasteiger partial charge in [0.05, 0.1) is 11.1 Å². The van der Waals surface area contributed by atoms with E-state index in [1.807, 2.05) is 0 Å². The molecule has 1 aromatic heterocycles. The number of carboxylic acids is 1. The summed E-state index contributed by atoms with van der Waals surface area (Å²) in [5.41, 5.74) is 0.197. The minimum atomic E-state index is -4.48. The normalized spacial score (nSPS) is 14.2. The van der Waals surface area contributed by atoms with Gasteiger partial charge in [-0.2, -0.15) is 18.2 Å². The molecule has 1 unspecified atom stereocenters. The Balaban J connectivity index is 1.17. The quantitative estimate of drug-likeness (QED) is 0.177. The Morgan fingerprint density at radius 3 is 2.30 bits per heavy atom. The molecule has 1 atom stereocenters. The van der Waals surface area contributed by atoms with Crippen LogP contribution in [0.15, 0.2) is 71.3 Å². The van der Waals surface area contributed by atoms with Crippen molar-refractivity contribution in [1.29, 1.82) is 0 Å². The lowest BCUT2D eigenvalue weighted by Gasteiger charge is -2.36. The summed E-state index contributed by atoms with van der Waals surface area (Å²) in [5.74, 6) is -2.03. The van der Waals surface area contributed by atoms with Gasteiger partial charge in [0, 0.05) is 49.5 Å². The average molecular weight is 699 g/mol. The fraction of sp³-hybridized carbons (Fsp3) is 0.324. The van der Waals surface area contributed by atoms with E-state index in [0.717, 1.165) is 18.2 Å². The topological polar surface area (TPSA) is 150 Å². The number of benzene rings is 3. The molecule has 1 saturated heterocycles. The zero-order chi connectivity index (χ0) is 36.2. The molecule has 1 aliphatic heterocycles. The largest absolute Gasteiger partial charge is 0.480 e. The highest BCUT2D eigenvalue weighted by molar-refractivity contribution is 5.85. The van der Waals surface area contributed by atoms with Crippen LogP contribution >= 0.6 is 0 Å². The fourth-order valence-corrected chi connectivity index (χ4v) is 5.16. The number of nitrogens with one attached hydrogen (secondary N) is 2. The van der Waals surface area contributed by atoms with Crippen molar-refractivity contribution in [2.45, 2.75) is 45.0 Å². The molecule has 1 aliphatic rings. The SMILES string of the molecule is CC(C)(C)OC(=O)Nc1ccc(-c2nc(-c3ccc(CC(NC(=O)N4CCN(c5cccc(C(F)(F)F)c5)CC4)C(=O)O)cc3F)no2)cc1. The number of nitrogens with zero attached hydrogens (tertiary/aromatic N) is 4. The van der Waals surface area contributed by atoms with E-state index in [4.69, 9.17) is 9.26 Å². The van der Waals surface area contributed by atoms with Crippen molar-refractivity contribution in [2.75, 3.05) is 36.4 Å². The molecular weight excluding hydrogens is 664 g/mol. The molecule has 3 aromatic carbocycles. The van der Waals surface area contributed by atoms with Gasteiger partial charge in [-0.15, -0.1) is 0 Å². The lowest BCUT2D eigenvalue weighted by molar-refractivity contribution is -0.139. The summed E-state index contributed by atoms with van der Waals surface area (Å²) >= 11 is 0. The zero-order valence-electron chi connectivity index (χ0n) is 27.3. The molecule has 12 nitrogen and oxygen atoms in total. The van der Waals surface area contributed by atoms with Crippen LogP contribution < -0.4 is 15.5 Å². The maximum atomic E-state index is 15.2. The smallest absolute Gasteiger partial charge is 0.416 e. The van der Waals surface area contributed by atoms with Gasteiger partial charge in [-0.1, -0.05) is 17.3 Å². The van der Waals surface area contributed by atoms with Crippen LogP contribution in [0.2, 0.25) is 0 Å². The number of aromatic nitrogens is 2. The summed E-state index contributed by atoms with van der Waals surface area (Å²) in [6, 6.07) is 13.3. The van der Waals surface area contributed by atoms with Gasteiger partial charge in [-0.3, -0.25) is 5.32 Å². The van der Waals surface area contributed by atoms with E-state index in [2.05, 4.69) is 20.8 Å². The number of hydrogen-bond acceptors (Lipinski definition) is 8. The van der Waals surface area contributed by atoms with Crippen LogP contribution in [0, 0.1) is 5.82 Å². The molecule has 3 N–H and O–H groups in total. The second-order valence-electron chi connectivity index (χ2n) is 12.5. The molecule has 4 aromatic rings. The summed E-state index contributed by atoms with van der Waals surface area (Å²) in [4.78, 5) is 44.3. The molecule has 5 rings (SSSR count). The number of carbonyl (C=O) groups excluding carboxylic acids is 2. The number of hydrogen-bond donors (Lipinski definition) is 3. The Morgan fingerprint density at radius 2 is 1.68 bits per heavy atom. The van der Waals surface area contributed by atoms with E-state index < -0.39 is 47.3 Å². The minimum Gasteiger partial charge on any atom is -0.480 e. The van der Waals surface area contributed by atoms with Crippen molar-refractivity contribution in [3.05, 3.63) is 83.7 Å². The van der Waals surface area contributed by atoms with Crippen LogP contribution in [-0.2, 0) is 22.1 Å². The summed E-state index contributed by atoms with van der Waals surface area (Å²) in [6.07, 6.45) is -5.33. The molecule has 264 valence electrons. The molecule has 50 heavy (non-hydrogen) atoms. The first-order valence-electron chi connectivity index (χ1n) is 15.5. The molecule has 16 heteroatoms. The number of halogens is 4. The standard InChI is InChI=1S/C34H34F4N6O6/c1-33(2,3)49-32(48)39-23-10-8-21(9-11-23)29-41-28(42-50-29)25-12-7-20(17-26(25)35)18-27(30(45)46)40-31(47)44-15-13-43(14-16-44)24-6-4-5-22(19-24)34(36,37)38/h4-12,17,19,27H,13-16,18H2,1-3H3,(H,39,48)(H,40,47)(H,45,46). The molecule has 3 amide bonds. The number of anilines is 2. The Bertz CT molecular complexity index is 1850. The first-order chi connectivity index (χ1) is 23.6. The van der Waals surface area contributed by atoms with Gasteiger partial charge in [-0.25, -0.2) is 18.8 Å². The van der Waals surface area contributed by atoms with Gasteiger partial charge in [0.2, 0.25) is 5.82 Å². The lowest BCUT2D eigenvalue weighted by Crippen LogP contribution is -2.55. The third kappa shape index (κ3) is 9.06. The molecule has 0 radical (unpaired) electrons. The van der Waals surface area contributed by atoms with Gasteiger partial charge < -0.3 is 29.5 Å². The number of amides is 3. The molecular formula is C34H34F4N6O6. The number of carboxylic acid groups (broad SMARTS) is 1. The van der Waals surface area contributed by atoms with Gasteiger partial charge >= 0.3 is 24.3 Å². The number of carbonyl (C=O) groups is 3. The zero-order valence-corrected chi connectivity index (χ0v) is 27.3. The third-order valence-electron chi connectivity index (χ3n) is 7.62. The minimum absolute atomic E-state index is 0.00140. The Kier molecular flexibility index (Phi) is 10.3. The van der Waals surface area contributed by atoms with Crippen molar-refractivity contribution in [2.24, 2.45) is 0 Å². The molecule has 0 saturated carbocycles. The average Bonchev–Trinajstić information content (AvgIpc) is 3.53. The number of rotatable bonds is 8. The summed E-state index contributed by atoms with van der Waals surface area (Å²) in [5, 5.41) is 18.7. The van der Waals surface area contributed by atoms with Crippen molar-refractivity contribution >= 4 is 29.5 Å². The van der Waals surface area contributed by atoms with Crippen LogP contribution in [-0.4, -0.2) is 76.1 Å². The van der Waals surface area contributed by atoms with Crippen LogP contribution in [0.3, 0.4) is 0 Å². The highest BCUT2D eigenvalue weighted by Gasteiger charge is 2.32. The first kappa shape index (κ1) is 35.6. The predicted octanol–water partition coefficient (Wildman–Crippen LogP) is 6.44. The lowest BCUT2D eigenvalue weighted by atomic mass is 10.0. The number of urea groups is 1.